The smallest absolute Gasteiger partial charge is 0.238 e. The fraction of sp³-hybridized carbons (Fsp3) is 0.0714. The molecule has 2 aromatic carbocycles. The highest BCUT2D eigenvalue weighted by Crippen LogP contribution is 2.23. The van der Waals surface area contributed by atoms with Crippen molar-refractivity contribution in [3.05, 3.63) is 53.6 Å². The largest absolute Gasteiger partial charge is 0.325 e. The molecule has 0 aromatic heterocycles. The average molecular weight is 361 g/mol. The minimum Gasteiger partial charge on any atom is -0.325 e. The fourth-order valence-corrected chi connectivity index (χ4v) is 3.07. The molecule has 0 radical (unpaired) electrons. The summed E-state index contributed by atoms with van der Waals surface area (Å²) in [5.41, 5.74) is 5.68. The maximum absolute atomic E-state index is 12.4. The molecule has 0 saturated carbocycles. The van der Waals surface area contributed by atoms with E-state index in [2.05, 4.69) is 5.32 Å². The molecule has 2 rings (SSSR count). The number of nitrogens with two attached hydrogens (primary N) is 1. The summed E-state index contributed by atoms with van der Waals surface area (Å²) in [6.45, 7) is -0.134. The van der Waals surface area contributed by atoms with E-state index < -0.39 is 9.84 Å². The number of hydrogen-bond donors (Lipinski definition) is 2. The molecule has 0 saturated heterocycles. The van der Waals surface area contributed by atoms with Gasteiger partial charge in [-0.3, -0.25) is 4.79 Å². The first-order valence-corrected chi connectivity index (χ1v) is 7.90. The van der Waals surface area contributed by atoms with E-state index in [9.17, 15) is 13.2 Å². The number of hydrogen-bond acceptors (Lipinski definition) is 4. The van der Waals surface area contributed by atoms with Crippen LogP contribution in [0.3, 0.4) is 0 Å². The van der Waals surface area contributed by atoms with Gasteiger partial charge in [0.15, 0.2) is 0 Å². The van der Waals surface area contributed by atoms with Crippen molar-refractivity contribution in [1.82, 2.24) is 0 Å². The van der Waals surface area contributed by atoms with Crippen molar-refractivity contribution < 1.29 is 13.2 Å². The number of carbonyl (C=O) groups excluding carboxylic acids is 1. The Balaban J connectivity index is 0.00000242. The molecule has 0 aliphatic rings. The molecule has 22 heavy (non-hydrogen) atoms. The van der Waals surface area contributed by atoms with Gasteiger partial charge >= 0.3 is 0 Å². The van der Waals surface area contributed by atoms with Crippen LogP contribution in [-0.4, -0.2) is 20.9 Å². The quantitative estimate of drug-likeness (QED) is 0.876. The van der Waals surface area contributed by atoms with Gasteiger partial charge in [-0.2, -0.15) is 0 Å². The second-order valence-corrected chi connectivity index (χ2v) is 6.62. The van der Waals surface area contributed by atoms with Crippen molar-refractivity contribution in [2.75, 3.05) is 11.9 Å². The molecule has 1 amide bonds. The Bertz CT molecular complexity index is 745. The molecule has 0 fully saturated rings. The normalized spacial score (nSPS) is 10.6. The summed E-state index contributed by atoms with van der Waals surface area (Å²) in [6.07, 6.45) is 0. The van der Waals surface area contributed by atoms with Crippen LogP contribution < -0.4 is 11.1 Å². The third kappa shape index (κ3) is 4.20. The lowest BCUT2D eigenvalue weighted by Gasteiger charge is -2.07. The van der Waals surface area contributed by atoms with E-state index in [-0.39, 0.29) is 34.6 Å². The first-order valence-electron chi connectivity index (χ1n) is 6.04. The summed E-state index contributed by atoms with van der Waals surface area (Å²) in [7, 11) is -3.60. The number of amides is 1. The second-order valence-electron chi connectivity index (χ2n) is 4.23. The number of anilines is 1. The third-order valence-electron chi connectivity index (χ3n) is 2.76. The molecule has 118 valence electrons. The van der Waals surface area contributed by atoms with E-state index in [0.29, 0.717) is 10.7 Å². The lowest BCUT2D eigenvalue weighted by Crippen LogP contribution is -2.21. The van der Waals surface area contributed by atoms with Gasteiger partial charge in [0.25, 0.3) is 0 Å². The number of rotatable bonds is 4. The van der Waals surface area contributed by atoms with E-state index in [1.807, 2.05) is 0 Å². The van der Waals surface area contributed by atoms with Crippen LogP contribution in [0.1, 0.15) is 0 Å². The molecule has 0 unspecified atom stereocenters. The Labute approximate surface area is 139 Å². The van der Waals surface area contributed by atoms with Gasteiger partial charge < -0.3 is 11.1 Å². The molecule has 0 spiro atoms. The number of sulfone groups is 1. The molecule has 2 aromatic rings. The van der Waals surface area contributed by atoms with E-state index in [0.717, 1.165) is 0 Å². The van der Waals surface area contributed by atoms with Gasteiger partial charge in [0.05, 0.1) is 16.3 Å². The van der Waals surface area contributed by atoms with Crippen LogP contribution in [0, 0.1) is 0 Å². The first-order chi connectivity index (χ1) is 9.93. The molecule has 0 heterocycles. The molecule has 3 N–H and O–H groups in total. The highest BCUT2D eigenvalue weighted by molar-refractivity contribution is 7.91. The van der Waals surface area contributed by atoms with Crippen LogP contribution in [0.4, 0.5) is 5.69 Å². The number of halogens is 2. The zero-order valence-corrected chi connectivity index (χ0v) is 13.7. The molecule has 0 aliphatic carbocycles. The molecule has 5 nitrogen and oxygen atoms in total. The summed E-state index contributed by atoms with van der Waals surface area (Å²) in [5, 5.41) is 3.01. The minimum atomic E-state index is -3.60. The zero-order chi connectivity index (χ0) is 15.5. The molecular formula is C14H14Cl2N2O3S. The summed E-state index contributed by atoms with van der Waals surface area (Å²) < 4.78 is 24.8. The topological polar surface area (TPSA) is 89.3 Å². The Morgan fingerprint density at radius 1 is 1.00 bits per heavy atom. The van der Waals surface area contributed by atoms with Crippen molar-refractivity contribution in [2.24, 2.45) is 5.73 Å². The highest BCUT2D eigenvalue weighted by Gasteiger charge is 2.17. The van der Waals surface area contributed by atoms with Gasteiger partial charge in [-0.05, 0) is 48.5 Å². The number of nitrogens with one attached hydrogen (secondary N) is 1. The predicted octanol–water partition coefficient (Wildman–Crippen LogP) is 2.49. The lowest BCUT2D eigenvalue weighted by molar-refractivity contribution is -0.114. The highest BCUT2D eigenvalue weighted by atomic mass is 35.5. The summed E-state index contributed by atoms with van der Waals surface area (Å²) in [6, 6.07) is 11.8. The molecule has 0 aliphatic heterocycles. The Kier molecular flexibility index (Phi) is 6.37. The van der Waals surface area contributed by atoms with Crippen molar-refractivity contribution in [3.63, 3.8) is 0 Å². The second kappa shape index (κ2) is 7.60. The van der Waals surface area contributed by atoms with Gasteiger partial charge in [0, 0.05) is 10.7 Å². The van der Waals surface area contributed by atoms with Gasteiger partial charge in [-0.15, -0.1) is 12.4 Å². The van der Waals surface area contributed by atoms with E-state index in [1.54, 1.807) is 0 Å². The van der Waals surface area contributed by atoms with Crippen LogP contribution in [0.15, 0.2) is 58.3 Å². The van der Waals surface area contributed by atoms with E-state index in [4.69, 9.17) is 17.3 Å². The number of benzene rings is 2. The van der Waals surface area contributed by atoms with Gasteiger partial charge in [0.2, 0.25) is 15.7 Å². The van der Waals surface area contributed by atoms with E-state index in [1.165, 1.54) is 48.5 Å². The maximum atomic E-state index is 12.4. The predicted molar refractivity (Wildman–Crippen MR) is 88.3 cm³/mol. The average Bonchev–Trinajstić information content (AvgIpc) is 2.48. The Morgan fingerprint density at radius 3 is 1.91 bits per heavy atom. The molecule has 0 atom stereocenters. The van der Waals surface area contributed by atoms with Crippen molar-refractivity contribution in [2.45, 2.75) is 9.79 Å². The first kappa shape index (κ1) is 18.4. The van der Waals surface area contributed by atoms with Gasteiger partial charge in [0.1, 0.15) is 0 Å². The summed E-state index contributed by atoms with van der Waals surface area (Å²) in [5.74, 6) is -0.344. The third-order valence-corrected chi connectivity index (χ3v) is 4.80. The van der Waals surface area contributed by atoms with Crippen LogP contribution in [0.5, 0.6) is 0 Å². The van der Waals surface area contributed by atoms with Crippen LogP contribution in [0.2, 0.25) is 5.02 Å². The standard InChI is InChI=1S/C14H13ClN2O3S.ClH/c15-10-1-5-12(6-2-10)21(19,20)13-7-3-11(4-8-13)17-14(18)9-16;/h1-8H,9,16H2,(H,17,18);1H. The van der Waals surface area contributed by atoms with Crippen LogP contribution in [0.25, 0.3) is 0 Å². The molecule has 8 heteroatoms. The lowest BCUT2D eigenvalue weighted by atomic mass is 10.3. The maximum Gasteiger partial charge on any atom is 0.238 e. The summed E-state index contributed by atoms with van der Waals surface area (Å²) >= 11 is 5.75. The molecular weight excluding hydrogens is 347 g/mol. The van der Waals surface area contributed by atoms with Crippen LogP contribution >= 0.6 is 24.0 Å². The Hall–Kier alpha value is -1.60. The zero-order valence-electron chi connectivity index (χ0n) is 11.3. The van der Waals surface area contributed by atoms with Gasteiger partial charge in [-0.25, -0.2) is 8.42 Å². The monoisotopic (exact) mass is 360 g/mol. The van der Waals surface area contributed by atoms with Crippen molar-refractivity contribution in [1.29, 1.82) is 0 Å². The minimum absolute atomic E-state index is 0. The SMILES string of the molecule is Cl.NCC(=O)Nc1ccc(S(=O)(=O)c2ccc(Cl)cc2)cc1. The van der Waals surface area contributed by atoms with Gasteiger partial charge in [-0.1, -0.05) is 11.6 Å². The van der Waals surface area contributed by atoms with E-state index >= 15 is 0 Å². The van der Waals surface area contributed by atoms with Crippen LogP contribution in [-0.2, 0) is 14.6 Å². The van der Waals surface area contributed by atoms with Crippen molar-refractivity contribution in [3.8, 4) is 0 Å². The molecule has 0 bridgehead atoms. The summed E-state index contributed by atoms with van der Waals surface area (Å²) in [4.78, 5) is 11.4. The number of carbonyl (C=O) groups is 1. The van der Waals surface area contributed by atoms with Crippen molar-refractivity contribution >= 4 is 45.4 Å². The Morgan fingerprint density at radius 2 is 1.45 bits per heavy atom. The fourth-order valence-electron chi connectivity index (χ4n) is 1.68.